The predicted octanol–water partition coefficient (Wildman–Crippen LogP) is 2.33. The van der Waals surface area contributed by atoms with Crippen LogP contribution in [0.5, 0.6) is 0 Å². The molecule has 2 saturated carbocycles. The van der Waals surface area contributed by atoms with Gasteiger partial charge in [0.25, 0.3) is 0 Å². The van der Waals surface area contributed by atoms with Gasteiger partial charge in [-0.1, -0.05) is 32.6 Å². The van der Waals surface area contributed by atoms with E-state index >= 15 is 0 Å². The molecule has 18 heavy (non-hydrogen) atoms. The summed E-state index contributed by atoms with van der Waals surface area (Å²) in [5.74, 6) is -0.839. The number of amides is 1. The van der Waals surface area contributed by atoms with Gasteiger partial charge in [0.1, 0.15) is 5.54 Å². The number of carbonyl (C=O) groups is 2. The molecule has 0 saturated heterocycles. The second kappa shape index (κ2) is 5.29. The van der Waals surface area contributed by atoms with Crippen LogP contribution in [-0.4, -0.2) is 22.5 Å². The largest absolute Gasteiger partial charge is 0.479 e. The molecule has 0 radical (unpaired) electrons. The van der Waals surface area contributed by atoms with Crippen LogP contribution in [0.2, 0.25) is 0 Å². The Bertz CT molecular complexity index is 336. The SMILES string of the molecule is CC1CCCCC1(NC(=O)C1CCCC1)C(=O)O. The molecule has 0 bridgehead atoms. The molecule has 2 atom stereocenters. The first-order valence-corrected chi connectivity index (χ1v) is 7.11. The number of carboxylic acids is 1. The first-order chi connectivity index (χ1) is 8.56. The molecule has 2 aliphatic rings. The average molecular weight is 253 g/mol. The fraction of sp³-hybridized carbons (Fsp3) is 0.857. The standard InChI is InChI=1S/C14H23NO3/c1-10-6-4-5-9-14(10,13(17)18)15-12(16)11-7-2-3-8-11/h10-11H,2-9H2,1H3,(H,15,16)(H,17,18). The van der Waals surface area contributed by atoms with Gasteiger partial charge in [0.2, 0.25) is 5.91 Å². The molecule has 0 aromatic rings. The fourth-order valence-corrected chi connectivity index (χ4v) is 3.41. The Balaban J connectivity index is 2.10. The smallest absolute Gasteiger partial charge is 0.329 e. The van der Waals surface area contributed by atoms with Gasteiger partial charge in [-0.05, 0) is 31.6 Å². The van der Waals surface area contributed by atoms with E-state index in [1.807, 2.05) is 6.92 Å². The van der Waals surface area contributed by atoms with Gasteiger partial charge in [-0.3, -0.25) is 4.79 Å². The zero-order valence-electron chi connectivity index (χ0n) is 11.1. The van der Waals surface area contributed by atoms with Crippen molar-refractivity contribution in [3.63, 3.8) is 0 Å². The summed E-state index contributed by atoms with van der Waals surface area (Å²) in [6.45, 7) is 1.95. The van der Waals surface area contributed by atoms with Crippen LogP contribution in [0.1, 0.15) is 58.3 Å². The van der Waals surface area contributed by atoms with E-state index in [-0.39, 0.29) is 17.7 Å². The van der Waals surface area contributed by atoms with Crippen molar-refractivity contribution in [2.45, 2.75) is 63.8 Å². The Morgan fingerprint density at radius 2 is 1.72 bits per heavy atom. The minimum Gasteiger partial charge on any atom is -0.479 e. The first kappa shape index (κ1) is 13.4. The first-order valence-electron chi connectivity index (χ1n) is 7.11. The van der Waals surface area contributed by atoms with E-state index in [4.69, 9.17) is 0 Å². The van der Waals surface area contributed by atoms with Crippen molar-refractivity contribution in [1.82, 2.24) is 5.32 Å². The van der Waals surface area contributed by atoms with Crippen LogP contribution >= 0.6 is 0 Å². The van der Waals surface area contributed by atoms with Crippen LogP contribution in [0, 0.1) is 11.8 Å². The summed E-state index contributed by atoms with van der Waals surface area (Å²) in [7, 11) is 0. The van der Waals surface area contributed by atoms with Crippen molar-refractivity contribution in [3.05, 3.63) is 0 Å². The topological polar surface area (TPSA) is 66.4 Å². The maximum Gasteiger partial charge on any atom is 0.329 e. The summed E-state index contributed by atoms with van der Waals surface area (Å²) in [6, 6.07) is 0. The number of hydrogen-bond acceptors (Lipinski definition) is 2. The average Bonchev–Trinajstić information content (AvgIpc) is 2.85. The van der Waals surface area contributed by atoms with Crippen molar-refractivity contribution >= 4 is 11.9 Å². The molecule has 4 heteroatoms. The van der Waals surface area contributed by atoms with Crippen LogP contribution < -0.4 is 5.32 Å². The van der Waals surface area contributed by atoms with Crippen LogP contribution in [-0.2, 0) is 9.59 Å². The van der Waals surface area contributed by atoms with Gasteiger partial charge >= 0.3 is 5.97 Å². The number of carboxylic acid groups (broad SMARTS) is 1. The lowest BCUT2D eigenvalue weighted by atomic mass is 9.73. The molecule has 2 fully saturated rings. The van der Waals surface area contributed by atoms with Gasteiger partial charge < -0.3 is 10.4 Å². The van der Waals surface area contributed by atoms with Gasteiger partial charge in [-0.25, -0.2) is 4.79 Å². The second-order valence-electron chi connectivity index (χ2n) is 5.89. The molecular formula is C14H23NO3. The van der Waals surface area contributed by atoms with E-state index in [0.717, 1.165) is 44.9 Å². The van der Waals surface area contributed by atoms with Crippen LogP contribution in [0.25, 0.3) is 0 Å². The molecule has 0 aliphatic heterocycles. The number of aliphatic carboxylic acids is 1. The van der Waals surface area contributed by atoms with Gasteiger partial charge in [0.15, 0.2) is 0 Å². The van der Waals surface area contributed by atoms with E-state index in [1.54, 1.807) is 0 Å². The third kappa shape index (κ3) is 2.38. The summed E-state index contributed by atoms with van der Waals surface area (Å²) in [5.41, 5.74) is -1.02. The fourth-order valence-electron chi connectivity index (χ4n) is 3.41. The molecular weight excluding hydrogens is 230 g/mol. The molecule has 2 rings (SSSR count). The summed E-state index contributed by atoms with van der Waals surface area (Å²) >= 11 is 0. The highest BCUT2D eigenvalue weighted by Gasteiger charge is 2.47. The van der Waals surface area contributed by atoms with Crippen molar-refractivity contribution in [2.24, 2.45) is 11.8 Å². The minimum absolute atomic E-state index is 0.0223. The predicted molar refractivity (Wildman–Crippen MR) is 68.1 cm³/mol. The second-order valence-corrected chi connectivity index (χ2v) is 5.89. The Morgan fingerprint density at radius 3 is 2.28 bits per heavy atom. The van der Waals surface area contributed by atoms with E-state index in [2.05, 4.69) is 5.32 Å². The van der Waals surface area contributed by atoms with Gasteiger partial charge in [0.05, 0.1) is 0 Å². The van der Waals surface area contributed by atoms with Gasteiger partial charge in [0, 0.05) is 5.92 Å². The quantitative estimate of drug-likeness (QED) is 0.811. The molecule has 0 heterocycles. The zero-order valence-corrected chi connectivity index (χ0v) is 11.1. The third-order valence-corrected chi connectivity index (χ3v) is 4.75. The Kier molecular flexibility index (Phi) is 3.93. The van der Waals surface area contributed by atoms with Crippen LogP contribution in [0.15, 0.2) is 0 Å². The van der Waals surface area contributed by atoms with Crippen LogP contribution in [0.3, 0.4) is 0 Å². The Labute approximate surface area is 108 Å². The molecule has 4 nitrogen and oxygen atoms in total. The molecule has 0 aromatic carbocycles. The lowest BCUT2D eigenvalue weighted by Gasteiger charge is -2.40. The summed E-state index contributed by atoms with van der Waals surface area (Å²) in [6.07, 6.45) is 7.42. The maximum atomic E-state index is 12.2. The van der Waals surface area contributed by atoms with Crippen molar-refractivity contribution < 1.29 is 14.7 Å². The highest BCUT2D eigenvalue weighted by Crippen LogP contribution is 2.35. The lowest BCUT2D eigenvalue weighted by molar-refractivity contribution is -0.152. The molecule has 0 spiro atoms. The molecule has 2 unspecified atom stereocenters. The summed E-state index contributed by atoms with van der Waals surface area (Å²) in [4.78, 5) is 23.8. The lowest BCUT2D eigenvalue weighted by Crippen LogP contribution is -2.60. The normalized spacial score (nSPS) is 33.3. The third-order valence-electron chi connectivity index (χ3n) is 4.75. The van der Waals surface area contributed by atoms with E-state index in [9.17, 15) is 14.7 Å². The highest BCUT2D eigenvalue weighted by molar-refractivity contribution is 5.88. The number of rotatable bonds is 3. The zero-order chi connectivity index (χ0) is 13.2. The van der Waals surface area contributed by atoms with E-state index in [0.29, 0.717) is 6.42 Å². The molecule has 102 valence electrons. The van der Waals surface area contributed by atoms with Crippen LogP contribution in [0.4, 0.5) is 0 Å². The molecule has 2 aliphatic carbocycles. The molecule has 0 aromatic heterocycles. The van der Waals surface area contributed by atoms with Crippen molar-refractivity contribution in [2.75, 3.05) is 0 Å². The molecule has 2 N–H and O–H groups in total. The van der Waals surface area contributed by atoms with E-state index < -0.39 is 11.5 Å². The van der Waals surface area contributed by atoms with Crippen molar-refractivity contribution in [1.29, 1.82) is 0 Å². The highest BCUT2D eigenvalue weighted by atomic mass is 16.4. The van der Waals surface area contributed by atoms with Crippen molar-refractivity contribution in [3.8, 4) is 0 Å². The van der Waals surface area contributed by atoms with Gasteiger partial charge in [-0.15, -0.1) is 0 Å². The van der Waals surface area contributed by atoms with Gasteiger partial charge in [-0.2, -0.15) is 0 Å². The number of hydrogen-bond donors (Lipinski definition) is 2. The van der Waals surface area contributed by atoms with E-state index in [1.165, 1.54) is 0 Å². The maximum absolute atomic E-state index is 12.2. The molecule has 1 amide bonds. The summed E-state index contributed by atoms with van der Waals surface area (Å²) in [5, 5.41) is 12.4. The number of nitrogens with one attached hydrogen (secondary N) is 1. The number of carbonyl (C=O) groups excluding carboxylic acids is 1. The summed E-state index contributed by atoms with van der Waals surface area (Å²) < 4.78 is 0. The Morgan fingerprint density at radius 1 is 1.11 bits per heavy atom. The monoisotopic (exact) mass is 253 g/mol. The Hall–Kier alpha value is -1.06. The minimum atomic E-state index is -1.02.